The number of rotatable bonds is 6. The number of fused-ring (bicyclic) bond motifs is 1. The third kappa shape index (κ3) is 4.03. The first-order chi connectivity index (χ1) is 13.8. The zero-order valence-electron chi connectivity index (χ0n) is 16.0. The summed E-state index contributed by atoms with van der Waals surface area (Å²) >= 11 is 0. The lowest BCUT2D eigenvalue weighted by Gasteiger charge is -2.15. The lowest BCUT2D eigenvalue weighted by molar-refractivity contribution is -0.384. The Morgan fingerprint density at radius 2 is 1.93 bits per heavy atom. The van der Waals surface area contributed by atoms with Crippen molar-refractivity contribution >= 4 is 34.2 Å². The zero-order chi connectivity index (χ0) is 21.1. The highest BCUT2D eigenvalue weighted by Crippen LogP contribution is 2.29. The number of nitrogens with one attached hydrogen (secondary N) is 1. The second kappa shape index (κ2) is 8.01. The van der Waals surface area contributed by atoms with Gasteiger partial charge < -0.3 is 19.4 Å². The fraction of sp³-hybridized carbons (Fsp3) is 0.200. The third-order valence-electron chi connectivity index (χ3n) is 4.42. The molecule has 0 bridgehead atoms. The highest BCUT2D eigenvalue weighted by molar-refractivity contribution is 6.05. The molecule has 1 amide bonds. The summed E-state index contributed by atoms with van der Waals surface area (Å²) in [5, 5.41) is 14.1. The lowest BCUT2D eigenvalue weighted by atomic mass is 10.2. The summed E-state index contributed by atoms with van der Waals surface area (Å²) in [7, 11) is 3.15. The first-order valence-corrected chi connectivity index (χ1v) is 8.70. The van der Waals surface area contributed by atoms with Gasteiger partial charge in [0.2, 0.25) is 0 Å². The van der Waals surface area contributed by atoms with Crippen molar-refractivity contribution in [2.24, 2.45) is 7.05 Å². The molecule has 0 fully saturated rings. The van der Waals surface area contributed by atoms with Crippen LogP contribution in [0.1, 0.15) is 17.3 Å². The minimum absolute atomic E-state index is 0.125. The average molecular weight is 397 g/mol. The number of methoxy groups -OCH3 is 1. The van der Waals surface area contributed by atoms with E-state index < -0.39 is 22.9 Å². The third-order valence-corrected chi connectivity index (χ3v) is 4.42. The van der Waals surface area contributed by atoms with Gasteiger partial charge in [0.1, 0.15) is 5.75 Å². The van der Waals surface area contributed by atoms with Crippen LogP contribution in [-0.4, -0.2) is 34.6 Å². The molecule has 1 heterocycles. The minimum atomic E-state index is -1.10. The lowest BCUT2D eigenvalue weighted by Crippen LogP contribution is -2.30. The Bertz CT molecular complexity index is 1100. The van der Waals surface area contributed by atoms with Gasteiger partial charge in [-0.15, -0.1) is 0 Å². The predicted molar refractivity (Wildman–Crippen MR) is 106 cm³/mol. The molecule has 0 aliphatic carbocycles. The number of nitro benzene ring substituents is 1. The van der Waals surface area contributed by atoms with Crippen molar-refractivity contribution in [2.45, 2.75) is 13.0 Å². The van der Waals surface area contributed by atoms with Crippen LogP contribution in [0.15, 0.2) is 48.7 Å². The monoisotopic (exact) mass is 397 g/mol. The molecule has 0 unspecified atom stereocenters. The van der Waals surface area contributed by atoms with Crippen molar-refractivity contribution < 1.29 is 24.0 Å². The quantitative estimate of drug-likeness (QED) is 0.388. The number of ether oxygens (including phenoxy) is 2. The molecular formula is C20H19N3O6. The molecule has 0 spiro atoms. The van der Waals surface area contributed by atoms with E-state index in [0.29, 0.717) is 5.56 Å². The number of hydrogen-bond donors (Lipinski definition) is 1. The van der Waals surface area contributed by atoms with Crippen molar-refractivity contribution in [2.75, 3.05) is 12.4 Å². The number of amides is 1. The topological polar surface area (TPSA) is 113 Å². The number of aromatic nitrogens is 1. The molecule has 0 aliphatic rings. The number of nitrogens with zero attached hydrogens (tertiary/aromatic N) is 2. The Morgan fingerprint density at radius 3 is 2.62 bits per heavy atom. The largest absolute Gasteiger partial charge is 0.494 e. The van der Waals surface area contributed by atoms with Gasteiger partial charge in [-0.2, -0.15) is 0 Å². The Morgan fingerprint density at radius 1 is 1.21 bits per heavy atom. The molecule has 1 aromatic heterocycles. The molecule has 3 rings (SSSR count). The minimum Gasteiger partial charge on any atom is -0.494 e. The van der Waals surface area contributed by atoms with Gasteiger partial charge in [0.05, 0.1) is 29.4 Å². The molecule has 0 saturated carbocycles. The molecule has 9 heteroatoms. The number of carbonyl (C=O) groups excluding carboxylic acids is 2. The van der Waals surface area contributed by atoms with Gasteiger partial charge in [0.25, 0.3) is 11.6 Å². The van der Waals surface area contributed by atoms with Crippen LogP contribution < -0.4 is 10.1 Å². The predicted octanol–water partition coefficient (Wildman–Crippen LogP) is 3.28. The first kappa shape index (κ1) is 19.9. The maximum absolute atomic E-state index is 12.6. The van der Waals surface area contributed by atoms with Gasteiger partial charge in [-0.3, -0.25) is 14.9 Å². The number of anilines is 1. The van der Waals surface area contributed by atoms with Crippen LogP contribution in [-0.2, 0) is 16.6 Å². The molecule has 0 radical (unpaired) electrons. The Labute approximate surface area is 166 Å². The number of benzene rings is 2. The fourth-order valence-electron chi connectivity index (χ4n) is 2.91. The van der Waals surface area contributed by atoms with E-state index in [0.717, 1.165) is 10.9 Å². The maximum Gasteiger partial charge on any atom is 0.341 e. The smallest absolute Gasteiger partial charge is 0.341 e. The Kier molecular flexibility index (Phi) is 5.49. The molecule has 3 aromatic rings. The zero-order valence-corrected chi connectivity index (χ0v) is 16.0. The Hall–Kier alpha value is -3.88. The van der Waals surface area contributed by atoms with Crippen molar-refractivity contribution in [1.29, 1.82) is 0 Å². The number of esters is 1. The van der Waals surface area contributed by atoms with Gasteiger partial charge in [-0.05, 0) is 19.1 Å². The molecule has 29 heavy (non-hydrogen) atoms. The van der Waals surface area contributed by atoms with E-state index in [-0.39, 0.29) is 17.1 Å². The number of carbonyl (C=O) groups is 2. The average Bonchev–Trinajstić information content (AvgIpc) is 3.05. The van der Waals surface area contributed by atoms with E-state index >= 15 is 0 Å². The second-order valence-electron chi connectivity index (χ2n) is 6.35. The van der Waals surface area contributed by atoms with Crippen molar-refractivity contribution in [3.05, 3.63) is 64.3 Å². The molecule has 1 atom stereocenters. The number of non-ortho nitro benzene ring substituents is 1. The second-order valence-corrected chi connectivity index (χ2v) is 6.35. The number of nitro groups is 1. The van der Waals surface area contributed by atoms with Crippen LogP contribution in [0.3, 0.4) is 0 Å². The molecule has 1 N–H and O–H groups in total. The van der Waals surface area contributed by atoms with Crippen LogP contribution in [0.2, 0.25) is 0 Å². The molecule has 0 saturated heterocycles. The van der Waals surface area contributed by atoms with Crippen molar-refractivity contribution in [3.63, 3.8) is 0 Å². The van der Waals surface area contributed by atoms with Gasteiger partial charge in [-0.1, -0.05) is 18.2 Å². The number of aryl methyl sites for hydroxylation is 1. The van der Waals surface area contributed by atoms with Crippen LogP contribution >= 0.6 is 0 Å². The first-order valence-electron chi connectivity index (χ1n) is 8.70. The van der Waals surface area contributed by atoms with Gasteiger partial charge in [0.15, 0.2) is 6.10 Å². The highest BCUT2D eigenvalue weighted by Gasteiger charge is 2.23. The molecular weight excluding hydrogens is 378 g/mol. The van der Waals surface area contributed by atoms with E-state index in [2.05, 4.69) is 5.32 Å². The summed E-state index contributed by atoms with van der Waals surface area (Å²) in [6.45, 7) is 1.44. The van der Waals surface area contributed by atoms with Gasteiger partial charge in [0, 0.05) is 30.2 Å². The van der Waals surface area contributed by atoms with E-state index in [1.165, 1.54) is 32.2 Å². The standard InChI is InChI=1S/C20H19N3O6/c1-12(19(24)21-16-9-8-13(23(26)27)10-18(16)28-3)29-20(25)15-11-22(2)17-7-5-4-6-14(15)17/h4-12H,1-3H3,(H,21,24)/t12-/m0/s1. The number of para-hydroxylation sites is 1. The summed E-state index contributed by atoms with van der Waals surface area (Å²) in [6, 6.07) is 11.2. The SMILES string of the molecule is COc1cc([N+](=O)[O-])ccc1NC(=O)[C@H](C)OC(=O)c1cn(C)c2ccccc12. The number of hydrogen-bond acceptors (Lipinski definition) is 6. The van der Waals surface area contributed by atoms with E-state index in [1.807, 2.05) is 25.2 Å². The molecule has 0 aliphatic heterocycles. The summed E-state index contributed by atoms with van der Waals surface area (Å²) in [5.41, 5.74) is 1.29. The van der Waals surface area contributed by atoms with Crippen LogP contribution in [0.25, 0.3) is 10.9 Å². The van der Waals surface area contributed by atoms with Crippen molar-refractivity contribution in [1.82, 2.24) is 4.57 Å². The van der Waals surface area contributed by atoms with Gasteiger partial charge in [-0.25, -0.2) is 4.79 Å². The van der Waals surface area contributed by atoms with E-state index in [4.69, 9.17) is 9.47 Å². The van der Waals surface area contributed by atoms with Crippen LogP contribution in [0, 0.1) is 10.1 Å². The molecule has 2 aromatic carbocycles. The van der Waals surface area contributed by atoms with E-state index in [9.17, 15) is 19.7 Å². The van der Waals surface area contributed by atoms with Crippen LogP contribution in [0.4, 0.5) is 11.4 Å². The van der Waals surface area contributed by atoms with Gasteiger partial charge >= 0.3 is 5.97 Å². The summed E-state index contributed by atoms with van der Waals surface area (Å²) < 4.78 is 12.2. The molecule has 9 nitrogen and oxygen atoms in total. The van der Waals surface area contributed by atoms with Crippen LogP contribution in [0.5, 0.6) is 5.75 Å². The molecule has 150 valence electrons. The highest BCUT2D eigenvalue weighted by atomic mass is 16.6. The maximum atomic E-state index is 12.6. The summed E-state index contributed by atoms with van der Waals surface area (Å²) in [4.78, 5) is 35.3. The summed E-state index contributed by atoms with van der Waals surface area (Å²) in [5.74, 6) is -1.09. The van der Waals surface area contributed by atoms with Crippen molar-refractivity contribution in [3.8, 4) is 5.75 Å². The normalized spacial score (nSPS) is 11.7. The van der Waals surface area contributed by atoms with E-state index in [1.54, 1.807) is 16.8 Å². The Balaban J connectivity index is 1.74. The fourth-order valence-corrected chi connectivity index (χ4v) is 2.91. The summed E-state index contributed by atoms with van der Waals surface area (Å²) in [6.07, 6.45) is 0.554.